The summed E-state index contributed by atoms with van der Waals surface area (Å²) in [7, 11) is -3.83. The van der Waals surface area contributed by atoms with Crippen LogP contribution in [0, 0.1) is 0 Å². The second-order valence-corrected chi connectivity index (χ2v) is 8.05. The van der Waals surface area contributed by atoms with Gasteiger partial charge >= 0.3 is 5.97 Å². The van der Waals surface area contributed by atoms with Crippen LogP contribution in [0.25, 0.3) is 17.0 Å². The third-order valence-electron chi connectivity index (χ3n) is 4.55. The number of carboxylic acid groups (broad SMARTS) is 1. The van der Waals surface area contributed by atoms with Crippen LogP contribution in [0.3, 0.4) is 0 Å². The molecule has 136 valence electrons. The third kappa shape index (κ3) is 3.29. The Kier molecular flexibility index (Phi) is 4.16. The maximum absolute atomic E-state index is 12.9. The molecule has 3 aromatic rings. The molecule has 0 unspecified atom stereocenters. The van der Waals surface area contributed by atoms with E-state index in [0.717, 1.165) is 11.1 Å². The molecule has 4 rings (SSSR count). The number of rotatable bonds is 4. The Morgan fingerprint density at radius 3 is 2.70 bits per heavy atom. The minimum absolute atomic E-state index is 0.00355. The number of sulfonamides is 1. The quantitative estimate of drug-likeness (QED) is 0.720. The van der Waals surface area contributed by atoms with Crippen molar-refractivity contribution in [2.75, 3.05) is 4.72 Å². The van der Waals surface area contributed by atoms with Crippen molar-refractivity contribution in [3.8, 4) is 0 Å². The molecule has 6 nitrogen and oxygen atoms in total. The minimum atomic E-state index is -3.83. The Morgan fingerprint density at radius 2 is 1.89 bits per heavy atom. The fourth-order valence-corrected chi connectivity index (χ4v) is 4.45. The van der Waals surface area contributed by atoms with Crippen molar-refractivity contribution in [2.45, 2.75) is 12.8 Å². The van der Waals surface area contributed by atoms with Crippen molar-refractivity contribution < 1.29 is 18.3 Å². The van der Waals surface area contributed by atoms with Gasteiger partial charge in [0.2, 0.25) is 0 Å². The molecule has 0 radical (unpaired) electrons. The zero-order valence-electron chi connectivity index (χ0n) is 14.2. The lowest BCUT2D eigenvalue weighted by molar-refractivity contribution is 0.0697. The normalized spacial score (nSPS) is 13.7. The highest BCUT2D eigenvalue weighted by molar-refractivity contribution is 7.96. The molecule has 0 bridgehead atoms. The fourth-order valence-electron chi connectivity index (χ4n) is 3.22. The summed E-state index contributed by atoms with van der Waals surface area (Å²) in [5.74, 6) is -1.13. The molecule has 2 N–H and O–H groups in total. The predicted octanol–water partition coefficient (Wildman–Crippen LogP) is 3.66. The van der Waals surface area contributed by atoms with E-state index in [9.17, 15) is 18.3 Å². The number of hydrogen-bond donors (Lipinski definition) is 2. The molecule has 0 amide bonds. The maximum atomic E-state index is 12.9. The molecule has 27 heavy (non-hydrogen) atoms. The molecule has 0 saturated heterocycles. The molecule has 7 heteroatoms. The van der Waals surface area contributed by atoms with Gasteiger partial charge in [0, 0.05) is 11.6 Å². The fraction of sp³-hybridized carbons (Fsp3) is 0.100. The lowest BCUT2D eigenvalue weighted by Crippen LogP contribution is -2.18. The SMILES string of the molecule is O=C(O)c1cc(NS(=O)(=O)C2=Cc3ccccc3CC2)c2ncccc2c1. The number of anilines is 1. The van der Waals surface area contributed by atoms with Crippen molar-refractivity contribution in [3.63, 3.8) is 0 Å². The lowest BCUT2D eigenvalue weighted by Gasteiger charge is -2.18. The first-order valence-corrected chi connectivity index (χ1v) is 9.86. The molecule has 1 aliphatic carbocycles. The molecule has 0 fully saturated rings. The topological polar surface area (TPSA) is 96.4 Å². The summed E-state index contributed by atoms with van der Waals surface area (Å²) in [6.07, 6.45) is 4.22. The number of pyridine rings is 1. The standard InChI is InChI=1S/C20H16N2O4S/c23-20(24)16-10-15-6-3-9-21-19(15)18(12-16)22-27(25,26)17-8-7-13-4-1-2-5-14(13)11-17/h1-6,9-12,22H,7-8H2,(H,23,24). The Balaban J connectivity index is 1.78. The number of aryl methyl sites for hydroxylation is 1. The van der Waals surface area contributed by atoms with Gasteiger partial charge in [-0.2, -0.15) is 0 Å². The van der Waals surface area contributed by atoms with Gasteiger partial charge in [-0.25, -0.2) is 13.2 Å². The molecule has 0 atom stereocenters. The van der Waals surface area contributed by atoms with E-state index < -0.39 is 16.0 Å². The zero-order chi connectivity index (χ0) is 19.0. The highest BCUT2D eigenvalue weighted by atomic mass is 32.2. The van der Waals surface area contributed by atoms with Gasteiger partial charge < -0.3 is 5.11 Å². The number of aromatic carboxylic acids is 1. The van der Waals surface area contributed by atoms with Crippen LogP contribution in [0.4, 0.5) is 5.69 Å². The number of aromatic nitrogens is 1. The van der Waals surface area contributed by atoms with Gasteiger partial charge in [-0.05, 0) is 48.2 Å². The smallest absolute Gasteiger partial charge is 0.335 e. The molecule has 0 saturated carbocycles. The van der Waals surface area contributed by atoms with E-state index >= 15 is 0 Å². The zero-order valence-corrected chi connectivity index (χ0v) is 15.0. The third-order valence-corrected chi connectivity index (χ3v) is 6.05. The summed E-state index contributed by atoms with van der Waals surface area (Å²) in [5.41, 5.74) is 2.55. The number of benzene rings is 2. The van der Waals surface area contributed by atoms with Gasteiger partial charge in [0.25, 0.3) is 10.0 Å². The maximum Gasteiger partial charge on any atom is 0.335 e. The van der Waals surface area contributed by atoms with E-state index in [4.69, 9.17) is 0 Å². The first kappa shape index (κ1) is 17.2. The molecule has 1 aliphatic rings. The van der Waals surface area contributed by atoms with E-state index in [1.165, 1.54) is 18.3 Å². The van der Waals surface area contributed by atoms with Crippen LogP contribution in [-0.2, 0) is 16.4 Å². The van der Waals surface area contributed by atoms with Crippen LogP contribution in [0.1, 0.15) is 27.9 Å². The van der Waals surface area contributed by atoms with Crippen LogP contribution in [-0.4, -0.2) is 24.5 Å². The average Bonchev–Trinajstić information content (AvgIpc) is 2.67. The summed E-state index contributed by atoms with van der Waals surface area (Å²) >= 11 is 0. The van der Waals surface area contributed by atoms with Crippen LogP contribution in [0.2, 0.25) is 0 Å². The van der Waals surface area contributed by atoms with Gasteiger partial charge in [-0.3, -0.25) is 9.71 Å². The second kappa shape index (κ2) is 6.51. The van der Waals surface area contributed by atoms with E-state index in [1.54, 1.807) is 18.2 Å². The molecule has 0 aliphatic heterocycles. The average molecular weight is 380 g/mol. The van der Waals surface area contributed by atoms with Crippen molar-refractivity contribution in [3.05, 3.63) is 76.3 Å². The van der Waals surface area contributed by atoms with Crippen LogP contribution < -0.4 is 4.72 Å². The summed E-state index contributed by atoms with van der Waals surface area (Å²) in [5, 5.41) is 9.87. The van der Waals surface area contributed by atoms with Crippen LogP contribution in [0.15, 0.2) is 59.6 Å². The number of nitrogens with one attached hydrogen (secondary N) is 1. The largest absolute Gasteiger partial charge is 0.478 e. The molecule has 2 aromatic carbocycles. The lowest BCUT2D eigenvalue weighted by atomic mass is 9.98. The van der Waals surface area contributed by atoms with Gasteiger partial charge in [0.05, 0.1) is 21.7 Å². The summed E-state index contributed by atoms with van der Waals surface area (Å²) in [6.45, 7) is 0. The number of fused-ring (bicyclic) bond motifs is 2. The number of nitrogens with zero attached hydrogens (tertiary/aromatic N) is 1. The Morgan fingerprint density at radius 1 is 1.07 bits per heavy atom. The molecular weight excluding hydrogens is 364 g/mol. The molecule has 0 spiro atoms. The van der Waals surface area contributed by atoms with Crippen molar-refractivity contribution in [1.82, 2.24) is 4.98 Å². The highest BCUT2D eigenvalue weighted by Gasteiger charge is 2.23. The first-order chi connectivity index (χ1) is 12.9. The summed E-state index contributed by atoms with van der Waals surface area (Å²) in [6, 6.07) is 13.8. The van der Waals surface area contributed by atoms with Gasteiger partial charge in [0.1, 0.15) is 0 Å². The Labute approximate surface area is 156 Å². The Hall–Kier alpha value is -3.19. The van der Waals surface area contributed by atoms with E-state index in [0.29, 0.717) is 23.7 Å². The summed E-state index contributed by atoms with van der Waals surface area (Å²) in [4.78, 5) is 15.9. The van der Waals surface area contributed by atoms with E-state index in [1.807, 2.05) is 24.3 Å². The highest BCUT2D eigenvalue weighted by Crippen LogP contribution is 2.30. The number of carbonyl (C=O) groups is 1. The van der Waals surface area contributed by atoms with Crippen molar-refractivity contribution in [2.24, 2.45) is 0 Å². The number of hydrogen-bond acceptors (Lipinski definition) is 4. The molecule has 1 aromatic heterocycles. The van der Waals surface area contributed by atoms with Gasteiger partial charge in [-0.1, -0.05) is 30.3 Å². The van der Waals surface area contributed by atoms with Crippen LogP contribution in [0.5, 0.6) is 0 Å². The molecule has 1 heterocycles. The monoisotopic (exact) mass is 380 g/mol. The van der Waals surface area contributed by atoms with Crippen molar-refractivity contribution >= 4 is 38.7 Å². The summed E-state index contributed by atoms with van der Waals surface area (Å²) < 4.78 is 28.4. The van der Waals surface area contributed by atoms with E-state index in [-0.39, 0.29) is 16.2 Å². The van der Waals surface area contributed by atoms with E-state index in [2.05, 4.69) is 9.71 Å². The number of carboxylic acids is 1. The Bertz CT molecular complexity index is 1200. The second-order valence-electron chi connectivity index (χ2n) is 6.32. The minimum Gasteiger partial charge on any atom is -0.478 e. The predicted molar refractivity (Wildman–Crippen MR) is 104 cm³/mol. The van der Waals surface area contributed by atoms with Gasteiger partial charge in [-0.15, -0.1) is 0 Å². The van der Waals surface area contributed by atoms with Gasteiger partial charge in [0.15, 0.2) is 0 Å². The first-order valence-electron chi connectivity index (χ1n) is 8.37. The van der Waals surface area contributed by atoms with Crippen LogP contribution >= 0.6 is 0 Å². The molecular formula is C20H16N2O4S. The van der Waals surface area contributed by atoms with Crippen molar-refractivity contribution in [1.29, 1.82) is 0 Å². The number of allylic oxidation sites excluding steroid dienone is 1.